The number of hydrogen-bond acceptors (Lipinski definition) is 7. The van der Waals surface area contributed by atoms with Crippen molar-refractivity contribution < 1.29 is 14.6 Å². The normalized spacial score (nSPS) is 19.5. The van der Waals surface area contributed by atoms with Gasteiger partial charge in [0.15, 0.2) is 0 Å². The molecular weight excluding hydrogens is 356 g/mol. The van der Waals surface area contributed by atoms with E-state index in [1.54, 1.807) is 0 Å². The quantitative estimate of drug-likeness (QED) is 0.785. The van der Waals surface area contributed by atoms with Crippen molar-refractivity contribution in [3.05, 3.63) is 41.6 Å². The number of ether oxygens (including phenoxy) is 2. The topological polar surface area (TPSA) is 71.0 Å². The second kappa shape index (κ2) is 8.32. The average molecular weight is 384 g/mol. The molecular formula is C21H28N4O3. The summed E-state index contributed by atoms with van der Waals surface area (Å²) in [7, 11) is 2.04. The van der Waals surface area contributed by atoms with Gasteiger partial charge in [0.2, 0.25) is 5.95 Å². The first-order chi connectivity index (χ1) is 13.6. The van der Waals surface area contributed by atoms with Gasteiger partial charge in [-0.05, 0) is 31.0 Å². The summed E-state index contributed by atoms with van der Waals surface area (Å²) < 4.78 is 11.2. The van der Waals surface area contributed by atoms with Gasteiger partial charge < -0.3 is 24.4 Å². The van der Waals surface area contributed by atoms with Gasteiger partial charge in [0, 0.05) is 45.3 Å². The molecule has 1 N–H and O–H groups in total. The summed E-state index contributed by atoms with van der Waals surface area (Å²) in [5.41, 5.74) is 2.19. The van der Waals surface area contributed by atoms with Crippen LogP contribution in [0.1, 0.15) is 30.5 Å². The first-order valence-corrected chi connectivity index (χ1v) is 9.95. The van der Waals surface area contributed by atoms with E-state index in [9.17, 15) is 5.11 Å². The number of aromatic nitrogens is 2. The Labute approximate surface area is 165 Å². The Morgan fingerprint density at radius 2 is 2.14 bits per heavy atom. The predicted octanol–water partition coefficient (Wildman–Crippen LogP) is 2.20. The maximum atomic E-state index is 9.66. The van der Waals surface area contributed by atoms with Crippen LogP contribution in [0.5, 0.6) is 5.75 Å². The van der Waals surface area contributed by atoms with E-state index >= 15 is 0 Å². The van der Waals surface area contributed by atoms with Crippen LogP contribution in [0, 0.1) is 0 Å². The van der Waals surface area contributed by atoms with Crippen molar-refractivity contribution in [1.29, 1.82) is 0 Å². The molecule has 0 unspecified atom stereocenters. The molecule has 150 valence electrons. The lowest BCUT2D eigenvalue weighted by Crippen LogP contribution is -2.51. The molecule has 4 rings (SSSR count). The SMILES string of the molecule is CCOc1cccc(CN(C)c2cc([C@@H]3CCOC3)nc(N3CC(O)C3)n2)c1. The molecule has 7 nitrogen and oxygen atoms in total. The zero-order valence-corrected chi connectivity index (χ0v) is 16.5. The maximum absolute atomic E-state index is 9.66. The summed E-state index contributed by atoms with van der Waals surface area (Å²) >= 11 is 0. The lowest BCUT2D eigenvalue weighted by molar-refractivity contribution is 0.140. The number of anilines is 2. The largest absolute Gasteiger partial charge is 0.494 e. The first-order valence-electron chi connectivity index (χ1n) is 9.95. The van der Waals surface area contributed by atoms with Crippen molar-refractivity contribution in [2.45, 2.75) is 31.9 Å². The first kappa shape index (κ1) is 19.0. The molecule has 0 aliphatic carbocycles. The van der Waals surface area contributed by atoms with Crippen molar-refractivity contribution in [1.82, 2.24) is 9.97 Å². The van der Waals surface area contributed by atoms with Crippen LogP contribution in [0.3, 0.4) is 0 Å². The molecule has 1 aromatic carbocycles. The lowest BCUT2D eigenvalue weighted by atomic mass is 10.0. The van der Waals surface area contributed by atoms with Crippen LogP contribution in [0.2, 0.25) is 0 Å². The third-order valence-corrected chi connectivity index (χ3v) is 5.23. The van der Waals surface area contributed by atoms with Gasteiger partial charge in [-0.3, -0.25) is 0 Å². The monoisotopic (exact) mass is 384 g/mol. The highest BCUT2D eigenvalue weighted by molar-refractivity contribution is 5.48. The van der Waals surface area contributed by atoms with Crippen molar-refractivity contribution >= 4 is 11.8 Å². The number of nitrogens with zero attached hydrogens (tertiary/aromatic N) is 4. The minimum absolute atomic E-state index is 0.287. The van der Waals surface area contributed by atoms with Crippen LogP contribution in [-0.4, -0.2) is 61.1 Å². The molecule has 7 heteroatoms. The van der Waals surface area contributed by atoms with Crippen LogP contribution in [-0.2, 0) is 11.3 Å². The minimum atomic E-state index is -0.287. The molecule has 2 aliphatic heterocycles. The second-order valence-electron chi connectivity index (χ2n) is 7.51. The van der Waals surface area contributed by atoms with Gasteiger partial charge >= 0.3 is 0 Å². The molecule has 2 aliphatic rings. The van der Waals surface area contributed by atoms with Crippen molar-refractivity contribution in [3.63, 3.8) is 0 Å². The van der Waals surface area contributed by atoms with Crippen molar-refractivity contribution in [2.75, 3.05) is 49.8 Å². The maximum Gasteiger partial charge on any atom is 0.227 e. The van der Waals surface area contributed by atoms with Gasteiger partial charge in [0.05, 0.1) is 25.0 Å². The van der Waals surface area contributed by atoms with E-state index in [-0.39, 0.29) is 6.10 Å². The molecule has 2 aromatic rings. The molecule has 0 spiro atoms. The lowest BCUT2D eigenvalue weighted by Gasteiger charge is -2.36. The van der Waals surface area contributed by atoms with Crippen molar-refractivity contribution in [3.8, 4) is 5.75 Å². The van der Waals surface area contributed by atoms with Crippen LogP contribution < -0.4 is 14.5 Å². The third-order valence-electron chi connectivity index (χ3n) is 5.23. The molecule has 1 aromatic heterocycles. The standard InChI is InChI=1S/C21H28N4O3/c1-3-28-18-6-4-5-15(9-18)11-24(2)20-10-19(16-7-8-27-14-16)22-21(23-20)25-12-17(26)13-25/h4-6,9-10,16-17,26H,3,7-8,11-14H2,1-2H3/t16-/m1/s1. The highest BCUT2D eigenvalue weighted by Crippen LogP contribution is 2.29. The number of aliphatic hydroxyl groups excluding tert-OH is 1. The van der Waals surface area contributed by atoms with Crippen LogP contribution in [0.4, 0.5) is 11.8 Å². The molecule has 0 amide bonds. The van der Waals surface area contributed by atoms with Gasteiger partial charge in [-0.15, -0.1) is 0 Å². The van der Waals surface area contributed by atoms with Crippen LogP contribution >= 0.6 is 0 Å². The fourth-order valence-corrected chi connectivity index (χ4v) is 3.63. The van der Waals surface area contributed by atoms with E-state index in [1.165, 1.54) is 5.56 Å². The minimum Gasteiger partial charge on any atom is -0.494 e. The number of β-amino-alcohol motifs (C(OH)–C–C–N with tert-alkyl or cyclic N) is 1. The predicted molar refractivity (Wildman–Crippen MR) is 108 cm³/mol. The van der Waals surface area contributed by atoms with E-state index in [0.717, 1.165) is 36.8 Å². The number of rotatable bonds is 7. The van der Waals surface area contributed by atoms with E-state index in [0.29, 0.717) is 38.2 Å². The number of aliphatic hydroxyl groups is 1. The summed E-state index contributed by atoms with van der Waals surface area (Å²) in [5, 5.41) is 9.66. The number of hydrogen-bond donors (Lipinski definition) is 1. The van der Waals surface area contributed by atoms with E-state index < -0.39 is 0 Å². The molecule has 28 heavy (non-hydrogen) atoms. The highest BCUT2D eigenvalue weighted by Gasteiger charge is 2.29. The van der Waals surface area contributed by atoms with Gasteiger partial charge in [0.1, 0.15) is 11.6 Å². The Morgan fingerprint density at radius 3 is 2.86 bits per heavy atom. The second-order valence-corrected chi connectivity index (χ2v) is 7.51. The molecule has 2 fully saturated rings. The number of benzene rings is 1. The fourth-order valence-electron chi connectivity index (χ4n) is 3.63. The van der Waals surface area contributed by atoms with E-state index in [2.05, 4.69) is 23.1 Å². The van der Waals surface area contributed by atoms with E-state index in [4.69, 9.17) is 19.4 Å². The van der Waals surface area contributed by atoms with Crippen molar-refractivity contribution in [2.24, 2.45) is 0 Å². The summed E-state index contributed by atoms with van der Waals surface area (Å²) in [6.45, 7) is 6.03. The zero-order chi connectivity index (χ0) is 19.5. The van der Waals surface area contributed by atoms with Crippen LogP contribution in [0.15, 0.2) is 30.3 Å². The van der Waals surface area contributed by atoms with E-state index in [1.807, 2.05) is 31.0 Å². The average Bonchev–Trinajstić information content (AvgIpc) is 3.20. The summed E-state index contributed by atoms with van der Waals surface area (Å²) in [6, 6.07) is 10.2. The Balaban J connectivity index is 1.57. The Bertz CT molecular complexity index is 804. The van der Waals surface area contributed by atoms with Gasteiger partial charge in [0.25, 0.3) is 0 Å². The molecule has 0 saturated carbocycles. The molecule has 0 radical (unpaired) electrons. The Morgan fingerprint density at radius 1 is 1.29 bits per heavy atom. The van der Waals surface area contributed by atoms with Crippen LogP contribution in [0.25, 0.3) is 0 Å². The molecule has 0 bridgehead atoms. The Kier molecular flexibility index (Phi) is 5.64. The Hall–Kier alpha value is -2.38. The van der Waals surface area contributed by atoms with Gasteiger partial charge in [-0.25, -0.2) is 4.98 Å². The van der Waals surface area contributed by atoms with Gasteiger partial charge in [-0.1, -0.05) is 12.1 Å². The van der Waals surface area contributed by atoms with Gasteiger partial charge in [-0.2, -0.15) is 4.98 Å². The fraction of sp³-hybridized carbons (Fsp3) is 0.524. The summed E-state index contributed by atoms with van der Waals surface area (Å²) in [4.78, 5) is 13.7. The summed E-state index contributed by atoms with van der Waals surface area (Å²) in [5.74, 6) is 2.77. The smallest absolute Gasteiger partial charge is 0.227 e. The molecule has 2 saturated heterocycles. The molecule has 3 heterocycles. The summed E-state index contributed by atoms with van der Waals surface area (Å²) in [6.07, 6.45) is 0.697. The third kappa shape index (κ3) is 4.20. The molecule has 1 atom stereocenters. The zero-order valence-electron chi connectivity index (χ0n) is 16.5. The highest BCUT2D eigenvalue weighted by atomic mass is 16.5.